The number of piperidine rings is 3. The molecule has 1 unspecified atom stereocenters. The number of fused-ring (bicyclic) bond motifs is 3. The van der Waals surface area contributed by atoms with Gasteiger partial charge in [0.1, 0.15) is 0 Å². The van der Waals surface area contributed by atoms with Crippen molar-refractivity contribution in [1.82, 2.24) is 4.90 Å². The molecule has 3 fully saturated rings. The normalized spacial score (nSPS) is 30.4. The van der Waals surface area contributed by atoms with Crippen LogP contribution in [-0.2, 0) is 6.42 Å². The molecule has 0 saturated carbocycles. The van der Waals surface area contributed by atoms with Crippen molar-refractivity contribution in [1.29, 1.82) is 0 Å². The maximum atomic E-state index is 9.61. The zero-order chi connectivity index (χ0) is 12.5. The number of hydrogen-bond donors (Lipinski definition) is 1. The van der Waals surface area contributed by atoms with Crippen LogP contribution in [0.1, 0.15) is 24.8 Å². The Morgan fingerprint density at radius 2 is 2.11 bits per heavy atom. The van der Waals surface area contributed by atoms with Crippen molar-refractivity contribution in [2.24, 2.45) is 5.92 Å². The van der Waals surface area contributed by atoms with Gasteiger partial charge in [-0.1, -0.05) is 6.07 Å². The lowest BCUT2D eigenvalue weighted by atomic mass is 9.81. The Bertz CT molecular complexity index is 425. The molecule has 18 heavy (non-hydrogen) atoms. The van der Waals surface area contributed by atoms with Gasteiger partial charge in [0.15, 0.2) is 11.5 Å². The molecule has 0 amide bonds. The van der Waals surface area contributed by atoms with Crippen LogP contribution in [0.4, 0.5) is 0 Å². The first-order valence-corrected chi connectivity index (χ1v) is 6.86. The molecule has 98 valence electrons. The first kappa shape index (κ1) is 11.8. The summed E-state index contributed by atoms with van der Waals surface area (Å²) in [6, 6.07) is 6.41. The van der Waals surface area contributed by atoms with Gasteiger partial charge in [-0.3, -0.25) is 0 Å². The van der Waals surface area contributed by atoms with E-state index < -0.39 is 0 Å². The number of ether oxygens (including phenoxy) is 1. The second kappa shape index (κ2) is 4.81. The molecule has 1 aromatic carbocycles. The topological polar surface area (TPSA) is 32.7 Å². The molecule has 3 heterocycles. The standard InChI is InChI=1S/C15H21NO2/c1-18-15-10-12(2-3-14(15)17)9-13-8-11-4-6-16(13)7-5-11/h2-3,10-11,13,17H,4-9H2,1H3. The predicted molar refractivity (Wildman–Crippen MR) is 71.1 cm³/mol. The molecule has 3 saturated heterocycles. The summed E-state index contributed by atoms with van der Waals surface area (Å²) in [5, 5.41) is 9.61. The van der Waals surface area contributed by atoms with Crippen molar-refractivity contribution in [3.63, 3.8) is 0 Å². The van der Waals surface area contributed by atoms with Crippen LogP contribution < -0.4 is 4.74 Å². The Morgan fingerprint density at radius 3 is 2.72 bits per heavy atom. The SMILES string of the molecule is COc1cc(CC2CC3CCN2CC3)ccc1O. The molecule has 0 spiro atoms. The van der Waals surface area contributed by atoms with E-state index in [0.717, 1.165) is 12.3 Å². The smallest absolute Gasteiger partial charge is 0.160 e. The molecule has 3 nitrogen and oxygen atoms in total. The van der Waals surface area contributed by atoms with Gasteiger partial charge in [0, 0.05) is 6.04 Å². The van der Waals surface area contributed by atoms with E-state index in [9.17, 15) is 5.11 Å². The number of phenols is 1. The largest absolute Gasteiger partial charge is 0.504 e. The summed E-state index contributed by atoms with van der Waals surface area (Å²) < 4.78 is 5.17. The van der Waals surface area contributed by atoms with E-state index in [0.29, 0.717) is 11.8 Å². The van der Waals surface area contributed by atoms with Crippen molar-refractivity contribution in [2.75, 3.05) is 20.2 Å². The third-order valence-corrected chi connectivity index (χ3v) is 4.49. The van der Waals surface area contributed by atoms with Gasteiger partial charge >= 0.3 is 0 Å². The van der Waals surface area contributed by atoms with Gasteiger partial charge in [-0.2, -0.15) is 0 Å². The second-order valence-corrected chi connectivity index (χ2v) is 5.58. The predicted octanol–water partition coefficient (Wildman–Crippen LogP) is 2.43. The fraction of sp³-hybridized carbons (Fsp3) is 0.600. The van der Waals surface area contributed by atoms with Crippen LogP contribution in [0.2, 0.25) is 0 Å². The molecular weight excluding hydrogens is 226 g/mol. The fourth-order valence-electron chi connectivity index (χ4n) is 3.42. The van der Waals surface area contributed by atoms with Crippen molar-refractivity contribution in [3.05, 3.63) is 23.8 Å². The molecule has 3 heteroatoms. The first-order valence-electron chi connectivity index (χ1n) is 6.86. The van der Waals surface area contributed by atoms with E-state index in [1.807, 2.05) is 12.1 Å². The van der Waals surface area contributed by atoms with Gasteiger partial charge in [0.05, 0.1) is 7.11 Å². The van der Waals surface area contributed by atoms with Gasteiger partial charge in [0.2, 0.25) is 0 Å². The summed E-state index contributed by atoms with van der Waals surface area (Å²) in [4.78, 5) is 2.62. The van der Waals surface area contributed by atoms with Gasteiger partial charge < -0.3 is 14.7 Å². The number of hydrogen-bond acceptors (Lipinski definition) is 3. The van der Waals surface area contributed by atoms with Crippen LogP contribution >= 0.6 is 0 Å². The first-order chi connectivity index (χ1) is 8.76. The van der Waals surface area contributed by atoms with Gasteiger partial charge in [-0.05, 0) is 62.4 Å². The molecule has 3 aliphatic heterocycles. The molecule has 3 aliphatic rings. The Labute approximate surface area is 108 Å². The number of aromatic hydroxyl groups is 1. The van der Waals surface area contributed by atoms with Crippen molar-refractivity contribution in [2.45, 2.75) is 31.7 Å². The highest BCUT2D eigenvalue weighted by Crippen LogP contribution is 2.34. The Kier molecular flexibility index (Phi) is 3.16. The fourth-order valence-corrected chi connectivity index (χ4v) is 3.42. The van der Waals surface area contributed by atoms with Crippen LogP contribution in [0.5, 0.6) is 11.5 Å². The minimum absolute atomic E-state index is 0.228. The lowest BCUT2D eigenvalue weighted by molar-refractivity contribution is 0.0498. The van der Waals surface area contributed by atoms with Crippen LogP contribution in [-0.4, -0.2) is 36.2 Å². The number of benzene rings is 1. The summed E-state index contributed by atoms with van der Waals surface area (Å²) in [5.74, 6) is 1.76. The number of rotatable bonds is 3. The minimum Gasteiger partial charge on any atom is -0.504 e. The highest BCUT2D eigenvalue weighted by molar-refractivity contribution is 5.42. The summed E-state index contributed by atoms with van der Waals surface area (Å²) in [5.41, 5.74) is 1.27. The molecule has 4 rings (SSSR count). The van der Waals surface area contributed by atoms with Crippen molar-refractivity contribution < 1.29 is 9.84 Å². The maximum Gasteiger partial charge on any atom is 0.160 e. The lowest BCUT2D eigenvalue weighted by Gasteiger charge is -2.45. The summed E-state index contributed by atoms with van der Waals surface area (Å²) in [6.07, 6.45) is 5.18. The monoisotopic (exact) mass is 247 g/mol. The lowest BCUT2D eigenvalue weighted by Crippen LogP contribution is -2.49. The molecule has 0 aliphatic carbocycles. The van der Waals surface area contributed by atoms with E-state index in [1.54, 1.807) is 13.2 Å². The van der Waals surface area contributed by atoms with Crippen LogP contribution in [0.3, 0.4) is 0 Å². The minimum atomic E-state index is 0.228. The van der Waals surface area contributed by atoms with Crippen molar-refractivity contribution >= 4 is 0 Å². The molecule has 1 atom stereocenters. The third kappa shape index (κ3) is 2.19. The zero-order valence-corrected chi connectivity index (χ0v) is 10.9. The molecule has 1 N–H and O–H groups in total. The molecule has 1 aromatic rings. The van der Waals surface area contributed by atoms with Crippen LogP contribution in [0, 0.1) is 5.92 Å². The number of nitrogens with zero attached hydrogens (tertiary/aromatic N) is 1. The highest BCUT2D eigenvalue weighted by atomic mass is 16.5. The average Bonchev–Trinajstić information content (AvgIpc) is 2.42. The number of phenolic OH excluding ortho intramolecular Hbond substituents is 1. The zero-order valence-electron chi connectivity index (χ0n) is 10.9. The van der Waals surface area contributed by atoms with Crippen LogP contribution in [0.15, 0.2) is 18.2 Å². The van der Waals surface area contributed by atoms with E-state index >= 15 is 0 Å². The van der Waals surface area contributed by atoms with Gasteiger partial charge in [-0.15, -0.1) is 0 Å². The molecular formula is C15H21NO2. The highest BCUT2D eigenvalue weighted by Gasteiger charge is 2.33. The van der Waals surface area contributed by atoms with E-state index in [4.69, 9.17) is 4.74 Å². The van der Waals surface area contributed by atoms with E-state index in [2.05, 4.69) is 4.90 Å². The number of methoxy groups -OCH3 is 1. The summed E-state index contributed by atoms with van der Waals surface area (Å²) in [6.45, 7) is 2.54. The molecule has 0 radical (unpaired) electrons. The third-order valence-electron chi connectivity index (χ3n) is 4.49. The second-order valence-electron chi connectivity index (χ2n) is 5.58. The quantitative estimate of drug-likeness (QED) is 0.890. The summed E-state index contributed by atoms with van der Waals surface area (Å²) in [7, 11) is 1.60. The molecule has 2 bridgehead atoms. The maximum absolute atomic E-state index is 9.61. The Balaban J connectivity index is 1.72. The van der Waals surface area contributed by atoms with Gasteiger partial charge in [-0.25, -0.2) is 0 Å². The van der Waals surface area contributed by atoms with Crippen molar-refractivity contribution in [3.8, 4) is 11.5 Å². The van der Waals surface area contributed by atoms with E-state index in [-0.39, 0.29) is 5.75 Å². The Hall–Kier alpha value is -1.22. The molecule has 0 aromatic heterocycles. The van der Waals surface area contributed by atoms with Crippen LogP contribution in [0.25, 0.3) is 0 Å². The van der Waals surface area contributed by atoms with E-state index in [1.165, 1.54) is 37.9 Å². The average molecular weight is 247 g/mol. The van der Waals surface area contributed by atoms with Gasteiger partial charge in [0.25, 0.3) is 0 Å². The Morgan fingerprint density at radius 1 is 1.33 bits per heavy atom. The summed E-state index contributed by atoms with van der Waals surface area (Å²) >= 11 is 0.